The number of likely N-dealkylation sites (N-methyl/N-ethyl adjacent to an activating group) is 1. The molecule has 3 heterocycles. The maximum absolute atomic E-state index is 13.4. The molecule has 2 aromatic heterocycles. The Morgan fingerprint density at radius 3 is 2.70 bits per heavy atom. The first-order chi connectivity index (χ1) is 14.4. The summed E-state index contributed by atoms with van der Waals surface area (Å²) >= 11 is 6.56. The summed E-state index contributed by atoms with van der Waals surface area (Å²) in [5.41, 5.74) is 1.79. The summed E-state index contributed by atoms with van der Waals surface area (Å²) in [6.07, 6.45) is 7.80. The number of fused-ring (bicyclic) bond motifs is 1. The van der Waals surface area contributed by atoms with Crippen LogP contribution in [0.3, 0.4) is 0 Å². The number of amides is 1. The molecule has 1 amide bonds. The van der Waals surface area contributed by atoms with Crippen molar-refractivity contribution in [2.75, 3.05) is 11.9 Å². The predicted molar refractivity (Wildman–Crippen MR) is 127 cm³/mol. The van der Waals surface area contributed by atoms with E-state index in [2.05, 4.69) is 12.2 Å². The SMILES string of the molecule is CCN1C(=O)/C(=C\c2c(NC3CCC(C)CC3)nc3c(C)cccn3c2=O)SC1=S. The number of thioether (sulfide) groups is 1. The van der Waals surface area contributed by atoms with Gasteiger partial charge in [0.25, 0.3) is 11.5 Å². The van der Waals surface area contributed by atoms with Crippen molar-refractivity contribution in [1.29, 1.82) is 0 Å². The van der Waals surface area contributed by atoms with Crippen molar-refractivity contribution in [1.82, 2.24) is 14.3 Å². The van der Waals surface area contributed by atoms with Crippen molar-refractivity contribution in [3.05, 3.63) is 44.7 Å². The van der Waals surface area contributed by atoms with E-state index in [9.17, 15) is 9.59 Å². The molecule has 0 aromatic carbocycles. The smallest absolute Gasteiger partial charge is 0.267 e. The normalized spacial score (nSPS) is 23.6. The standard InChI is InChI=1S/C22H26N4O2S2/c1-4-25-21(28)17(30-22(25)29)12-16-18(23-15-9-7-13(2)8-10-15)24-19-14(3)6-5-11-26(19)20(16)27/h5-6,11-13,15,23H,4,7-10H2,1-3H3/b17-12+. The number of nitrogens with one attached hydrogen (secondary N) is 1. The minimum atomic E-state index is -0.183. The summed E-state index contributed by atoms with van der Waals surface area (Å²) in [5, 5.41) is 3.52. The molecule has 4 rings (SSSR count). The molecular weight excluding hydrogens is 416 g/mol. The van der Waals surface area contributed by atoms with Crippen molar-refractivity contribution >= 4 is 51.7 Å². The summed E-state index contributed by atoms with van der Waals surface area (Å²) in [4.78, 5) is 32.9. The van der Waals surface area contributed by atoms with Gasteiger partial charge in [-0.2, -0.15) is 0 Å². The largest absolute Gasteiger partial charge is 0.367 e. The number of pyridine rings is 1. The Labute approximate surface area is 185 Å². The highest BCUT2D eigenvalue weighted by Crippen LogP contribution is 2.33. The summed E-state index contributed by atoms with van der Waals surface area (Å²) < 4.78 is 2.07. The Hall–Kier alpha value is -2.19. The molecule has 0 spiro atoms. The van der Waals surface area contributed by atoms with Crippen LogP contribution in [0, 0.1) is 12.8 Å². The van der Waals surface area contributed by atoms with Crippen molar-refractivity contribution in [2.45, 2.75) is 52.5 Å². The number of carbonyl (C=O) groups is 1. The predicted octanol–water partition coefficient (Wildman–Crippen LogP) is 4.21. The molecule has 2 aliphatic rings. The third-order valence-corrected chi connectivity index (χ3v) is 7.28. The first-order valence-corrected chi connectivity index (χ1v) is 11.7. The minimum Gasteiger partial charge on any atom is -0.367 e. The van der Waals surface area contributed by atoms with E-state index in [1.807, 2.05) is 26.0 Å². The molecule has 30 heavy (non-hydrogen) atoms. The number of rotatable bonds is 4. The number of nitrogens with zero attached hydrogens (tertiary/aromatic N) is 3. The number of hydrogen-bond acceptors (Lipinski definition) is 6. The van der Waals surface area contributed by atoms with E-state index >= 15 is 0 Å². The number of anilines is 1. The second-order valence-corrected chi connectivity index (χ2v) is 9.77. The molecule has 0 radical (unpaired) electrons. The van der Waals surface area contributed by atoms with Gasteiger partial charge in [-0.25, -0.2) is 4.98 Å². The van der Waals surface area contributed by atoms with Gasteiger partial charge in [0.2, 0.25) is 0 Å². The second kappa shape index (κ2) is 8.51. The number of carbonyl (C=O) groups excluding carboxylic acids is 1. The molecule has 158 valence electrons. The molecule has 0 bridgehead atoms. The van der Waals surface area contributed by atoms with Gasteiger partial charge in [-0.3, -0.25) is 18.9 Å². The van der Waals surface area contributed by atoms with Crippen LogP contribution in [0.25, 0.3) is 11.7 Å². The van der Waals surface area contributed by atoms with Gasteiger partial charge in [0.05, 0.1) is 10.5 Å². The minimum absolute atomic E-state index is 0.154. The molecule has 1 saturated heterocycles. The Kier molecular flexibility index (Phi) is 5.97. The number of hydrogen-bond donors (Lipinski definition) is 1. The third-order valence-electron chi connectivity index (χ3n) is 5.91. The van der Waals surface area contributed by atoms with E-state index in [1.54, 1.807) is 21.6 Å². The van der Waals surface area contributed by atoms with Crippen molar-refractivity contribution < 1.29 is 4.79 Å². The molecule has 2 aromatic rings. The Bertz CT molecular complexity index is 1100. The van der Waals surface area contributed by atoms with Gasteiger partial charge < -0.3 is 5.32 Å². The van der Waals surface area contributed by atoms with Crippen LogP contribution >= 0.6 is 24.0 Å². The molecule has 8 heteroatoms. The summed E-state index contributed by atoms with van der Waals surface area (Å²) in [7, 11) is 0. The lowest BCUT2D eigenvalue weighted by molar-refractivity contribution is -0.121. The van der Waals surface area contributed by atoms with Gasteiger partial charge in [-0.1, -0.05) is 37.0 Å². The highest BCUT2D eigenvalue weighted by atomic mass is 32.2. The highest BCUT2D eigenvalue weighted by Gasteiger charge is 2.31. The van der Waals surface area contributed by atoms with Crippen LogP contribution < -0.4 is 10.9 Å². The quantitative estimate of drug-likeness (QED) is 0.565. The zero-order chi connectivity index (χ0) is 21.4. The van der Waals surface area contributed by atoms with Gasteiger partial charge in [-0.05, 0) is 63.2 Å². The van der Waals surface area contributed by atoms with Gasteiger partial charge in [0, 0.05) is 18.8 Å². The second-order valence-electron chi connectivity index (χ2n) is 8.09. The van der Waals surface area contributed by atoms with Crippen LogP contribution in [0.15, 0.2) is 28.0 Å². The lowest BCUT2D eigenvalue weighted by Gasteiger charge is -2.28. The Balaban J connectivity index is 1.81. The van der Waals surface area contributed by atoms with Crippen LogP contribution in [0.5, 0.6) is 0 Å². The van der Waals surface area contributed by atoms with Crippen LogP contribution in [0.4, 0.5) is 5.82 Å². The first-order valence-electron chi connectivity index (χ1n) is 10.4. The van der Waals surface area contributed by atoms with Crippen LogP contribution in [-0.4, -0.2) is 37.1 Å². The van der Waals surface area contributed by atoms with Crippen LogP contribution in [0.1, 0.15) is 50.7 Å². The van der Waals surface area contributed by atoms with E-state index < -0.39 is 0 Å². The average Bonchev–Trinajstić information content (AvgIpc) is 2.99. The van der Waals surface area contributed by atoms with Crippen molar-refractivity contribution in [2.24, 2.45) is 5.92 Å². The fourth-order valence-electron chi connectivity index (χ4n) is 4.05. The molecule has 1 N–H and O–H groups in total. The van der Waals surface area contributed by atoms with E-state index in [0.29, 0.717) is 32.8 Å². The number of aromatic nitrogens is 2. The lowest BCUT2D eigenvalue weighted by Crippen LogP contribution is -2.29. The van der Waals surface area contributed by atoms with Crippen molar-refractivity contribution in [3.63, 3.8) is 0 Å². The Morgan fingerprint density at radius 2 is 2.03 bits per heavy atom. The molecule has 0 atom stereocenters. The zero-order valence-electron chi connectivity index (χ0n) is 17.5. The first kappa shape index (κ1) is 21.1. The third kappa shape index (κ3) is 3.90. The fraction of sp³-hybridized carbons (Fsp3) is 0.455. The molecule has 6 nitrogen and oxygen atoms in total. The zero-order valence-corrected chi connectivity index (χ0v) is 19.1. The van der Waals surface area contributed by atoms with Gasteiger partial charge >= 0.3 is 0 Å². The van der Waals surface area contributed by atoms with Gasteiger partial charge in [0.1, 0.15) is 15.8 Å². The van der Waals surface area contributed by atoms with E-state index in [4.69, 9.17) is 17.2 Å². The molecule has 1 saturated carbocycles. The molecular formula is C22H26N4O2S2. The van der Waals surface area contributed by atoms with E-state index in [1.165, 1.54) is 11.8 Å². The summed E-state index contributed by atoms with van der Waals surface area (Å²) in [6.45, 7) is 6.63. The van der Waals surface area contributed by atoms with Gasteiger partial charge in [-0.15, -0.1) is 0 Å². The van der Waals surface area contributed by atoms with Crippen LogP contribution in [0.2, 0.25) is 0 Å². The molecule has 2 fully saturated rings. The summed E-state index contributed by atoms with van der Waals surface area (Å²) in [6, 6.07) is 4.05. The fourth-order valence-corrected chi connectivity index (χ4v) is 5.42. The van der Waals surface area contributed by atoms with Gasteiger partial charge in [0.15, 0.2) is 0 Å². The van der Waals surface area contributed by atoms with Crippen molar-refractivity contribution in [3.8, 4) is 0 Å². The van der Waals surface area contributed by atoms with E-state index in [0.717, 1.165) is 37.2 Å². The maximum Gasteiger partial charge on any atom is 0.267 e. The molecule has 1 aliphatic carbocycles. The maximum atomic E-state index is 13.4. The lowest BCUT2D eigenvalue weighted by atomic mass is 9.87. The number of thiocarbonyl (C=S) groups is 1. The topological polar surface area (TPSA) is 66.7 Å². The van der Waals surface area contributed by atoms with E-state index in [-0.39, 0.29) is 17.5 Å². The highest BCUT2D eigenvalue weighted by molar-refractivity contribution is 8.26. The monoisotopic (exact) mass is 442 g/mol. The molecule has 0 unspecified atom stereocenters. The molecule has 1 aliphatic heterocycles. The van der Waals surface area contributed by atoms with Crippen LogP contribution in [-0.2, 0) is 4.79 Å². The summed E-state index contributed by atoms with van der Waals surface area (Å²) in [5.74, 6) is 1.13. The Morgan fingerprint density at radius 1 is 1.30 bits per heavy atom. The number of aryl methyl sites for hydroxylation is 1. The average molecular weight is 443 g/mol.